The molecule has 3 unspecified atom stereocenters. The van der Waals surface area contributed by atoms with E-state index in [1.165, 1.54) is 5.56 Å². The van der Waals surface area contributed by atoms with Crippen LogP contribution in [0.15, 0.2) is 30.3 Å². The zero-order chi connectivity index (χ0) is 13.0. The van der Waals surface area contributed by atoms with Gasteiger partial charge in [-0.1, -0.05) is 46.3 Å². The second-order valence-corrected chi connectivity index (χ2v) is 5.70. The SMILES string of the molecule is CC1OCCC1C(=O)NCC(Br)c1ccccc1. The topological polar surface area (TPSA) is 38.3 Å². The molecule has 4 heteroatoms. The summed E-state index contributed by atoms with van der Waals surface area (Å²) < 4.78 is 5.41. The quantitative estimate of drug-likeness (QED) is 0.868. The summed E-state index contributed by atoms with van der Waals surface area (Å²) in [7, 11) is 0. The molecule has 0 radical (unpaired) electrons. The minimum atomic E-state index is 0.000438. The van der Waals surface area contributed by atoms with Crippen molar-refractivity contribution in [2.75, 3.05) is 13.2 Å². The van der Waals surface area contributed by atoms with Crippen molar-refractivity contribution >= 4 is 21.8 Å². The maximum atomic E-state index is 12.0. The summed E-state index contributed by atoms with van der Waals surface area (Å²) in [5.74, 6) is 0.0980. The largest absolute Gasteiger partial charge is 0.378 e. The average Bonchev–Trinajstić information content (AvgIpc) is 2.83. The highest BCUT2D eigenvalue weighted by atomic mass is 79.9. The lowest BCUT2D eigenvalue weighted by Crippen LogP contribution is -2.35. The fraction of sp³-hybridized carbons (Fsp3) is 0.500. The van der Waals surface area contributed by atoms with Gasteiger partial charge in [0.25, 0.3) is 0 Å². The zero-order valence-corrected chi connectivity index (χ0v) is 12.0. The molecule has 2 rings (SSSR count). The van der Waals surface area contributed by atoms with E-state index in [2.05, 4.69) is 21.2 Å². The summed E-state index contributed by atoms with van der Waals surface area (Å²) in [5, 5.41) is 2.99. The van der Waals surface area contributed by atoms with E-state index in [1.54, 1.807) is 0 Å². The first-order valence-corrected chi connectivity index (χ1v) is 7.18. The Labute approximate surface area is 116 Å². The van der Waals surface area contributed by atoms with Crippen LogP contribution >= 0.6 is 15.9 Å². The Morgan fingerprint density at radius 3 is 2.83 bits per heavy atom. The molecule has 3 nitrogen and oxygen atoms in total. The van der Waals surface area contributed by atoms with Crippen LogP contribution in [0, 0.1) is 5.92 Å². The van der Waals surface area contributed by atoms with Crippen molar-refractivity contribution in [3.63, 3.8) is 0 Å². The van der Waals surface area contributed by atoms with Crippen molar-refractivity contribution in [1.29, 1.82) is 0 Å². The first-order valence-electron chi connectivity index (χ1n) is 6.27. The van der Waals surface area contributed by atoms with E-state index >= 15 is 0 Å². The fourth-order valence-electron chi connectivity index (χ4n) is 2.18. The molecule has 1 aliphatic rings. The van der Waals surface area contributed by atoms with Gasteiger partial charge in [-0.3, -0.25) is 4.79 Å². The van der Waals surface area contributed by atoms with Crippen LogP contribution in [0.2, 0.25) is 0 Å². The monoisotopic (exact) mass is 311 g/mol. The van der Waals surface area contributed by atoms with E-state index in [-0.39, 0.29) is 22.8 Å². The summed E-state index contributed by atoms with van der Waals surface area (Å²) in [6.07, 6.45) is 0.862. The molecule has 1 aromatic rings. The van der Waals surface area contributed by atoms with E-state index in [9.17, 15) is 4.79 Å². The number of benzene rings is 1. The van der Waals surface area contributed by atoms with Crippen LogP contribution in [0.5, 0.6) is 0 Å². The van der Waals surface area contributed by atoms with Crippen LogP contribution < -0.4 is 5.32 Å². The average molecular weight is 312 g/mol. The maximum absolute atomic E-state index is 12.0. The van der Waals surface area contributed by atoms with Gasteiger partial charge in [-0.2, -0.15) is 0 Å². The van der Waals surface area contributed by atoms with E-state index in [4.69, 9.17) is 4.74 Å². The third kappa shape index (κ3) is 3.33. The summed E-state index contributed by atoms with van der Waals surface area (Å²) in [6.45, 7) is 3.25. The molecule has 1 N–H and O–H groups in total. The molecule has 1 heterocycles. The van der Waals surface area contributed by atoms with E-state index < -0.39 is 0 Å². The summed E-state index contributed by atoms with van der Waals surface area (Å²) >= 11 is 3.59. The highest BCUT2D eigenvalue weighted by Gasteiger charge is 2.30. The third-order valence-corrected chi connectivity index (χ3v) is 4.18. The first kappa shape index (κ1) is 13.6. The molecule has 0 aliphatic carbocycles. The fourth-order valence-corrected chi connectivity index (χ4v) is 2.64. The van der Waals surface area contributed by atoms with Gasteiger partial charge in [0.05, 0.1) is 16.8 Å². The molecule has 1 aliphatic heterocycles. The molecule has 0 bridgehead atoms. The van der Waals surface area contributed by atoms with Crippen molar-refractivity contribution < 1.29 is 9.53 Å². The molecule has 0 spiro atoms. The number of rotatable bonds is 4. The van der Waals surface area contributed by atoms with E-state index in [0.29, 0.717) is 13.2 Å². The van der Waals surface area contributed by atoms with Gasteiger partial charge in [0.1, 0.15) is 0 Å². The number of hydrogen-bond acceptors (Lipinski definition) is 2. The van der Waals surface area contributed by atoms with Crippen LogP contribution in [0.4, 0.5) is 0 Å². The number of nitrogens with one attached hydrogen (secondary N) is 1. The Morgan fingerprint density at radius 1 is 1.50 bits per heavy atom. The van der Waals surface area contributed by atoms with Gasteiger partial charge >= 0.3 is 0 Å². The van der Waals surface area contributed by atoms with Gasteiger partial charge in [-0.15, -0.1) is 0 Å². The third-order valence-electron chi connectivity index (χ3n) is 3.33. The Hall–Kier alpha value is -0.870. The van der Waals surface area contributed by atoms with Crippen LogP contribution in [-0.2, 0) is 9.53 Å². The lowest BCUT2D eigenvalue weighted by molar-refractivity contribution is -0.126. The van der Waals surface area contributed by atoms with Gasteiger partial charge in [0, 0.05) is 13.2 Å². The van der Waals surface area contributed by atoms with Gasteiger partial charge in [0.2, 0.25) is 5.91 Å². The van der Waals surface area contributed by atoms with Crippen molar-refractivity contribution in [1.82, 2.24) is 5.32 Å². The van der Waals surface area contributed by atoms with Crippen molar-refractivity contribution in [2.24, 2.45) is 5.92 Å². The Kier molecular flexibility index (Phi) is 4.78. The predicted octanol–water partition coefficient (Wildman–Crippen LogP) is 2.66. The second-order valence-electron chi connectivity index (χ2n) is 4.59. The van der Waals surface area contributed by atoms with E-state index in [1.807, 2.05) is 37.3 Å². The molecule has 1 amide bonds. The molecule has 1 saturated heterocycles. The lowest BCUT2D eigenvalue weighted by Gasteiger charge is -2.16. The minimum absolute atomic E-state index is 0.000438. The predicted molar refractivity (Wildman–Crippen MR) is 74.6 cm³/mol. The van der Waals surface area contributed by atoms with Gasteiger partial charge < -0.3 is 10.1 Å². The zero-order valence-electron chi connectivity index (χ0n) is 10.4. The van der Waals surface area contributed by atoms with Gasteiger partial charge in [0.15, 0.2) is 0 Å². The Morgan fingerprint density at radius 2 is 2.22 bits per heavy atom. The summed E-state index contributed by atoms with van der Waals surface area (Å²) in [4.78, 5) is 12.1. The van der Waals surface area contributed by atoms with Crippen LogP contribution in [0.3, 0.4) is 0 Å². The number of carbonyl (C=O) groups excluding carboxylic acids is 1. The highest BCUT2D eigenvalue weighted by molar-refractivity contribution is 9.09. The highest BCUT2D eigenvalue weighted by Crippen LogP contribution is 2.23. The molecule has 98 valence electrons. The molecule has 0 saturated carbocycles. The normalized spacial score (nSPS) is 24.8. The number of amides is 1. The van der Waals surface area contributed by atoms with Gasteiger partial charge in [-0.25, -0.2) is 0 Å². The molecule has 1 aromatic carbocycles. The standard InChI is InChI=1S/C14H18BrNO2/c1-10-12(7-8-18-10)14(17)16-9-13(15)11-5-3-2-4-6-11/h2-6,10,12-13H,7-9H2,1H3,(H,16,17). The number of hydrogen-bond donors (Lipinski definition) is 1. The maximum Gasteiger partial charge on any atom is 0.225 e. The van der Waals surface area contributed by atoms with Crippen molar-refractivity contribution in [3.8, 4) is 0 Å². The second kappa shape index (κ2) is 6.34. The number of carbonyl (C=O) groups is 1. The Bertz CT molecular complexity index is 396. The van der Waals surface area contributed by atoms with Gasteiger partial charge in [-0.05, 0) is 18.9 Å². The lowest BCUT2D eigenvalue weighted by atomic mass is 10.0. The summed E-state index contributed by atoms with van der Waals surface area (Å²) in [6, 6.07) is 10.1. The molecule has 1 fully saturated rings. The molecule has 3 atom stereocenters. The van der Waals surface area contributed by atoms with Crippen LogP contribution in [0.25, 0.3) is 0 Å². The Balaban J connectivity index is 1.83. The molecule has 0 aromatic heterocycles. The number of halogens is 1. The number of alkyl halides is 1. The summed E-state index contributed by atoms with van der Waals surface area (Å²) in [5.41, 5.74) is 1.17. The number of ether oxygens (including phenoxy) is 1. The van der Waals surface area contributed by atoms with Crippen LogP contribution in [-0.4, -0.2) is 25.2 Å². The smallest absolute Gasteiger partial charge is 0.225 e. The van der Waals surface area contributed by atoms with Crippen molar-refractivity contribution in [3.05, 3.63) is 35.9 Å². The van der Waals surface area contributed by atoms with E-state index in [0.717, 1.165) is 6.42 Å². The van der Waals surface area contributed by atoms with Crippen LogP contribution in [0.1, 0.15) is 23.7 Å². The minimum Gasteiger partial charge on any atom is -0.378 e. The molecular formula is C14H18BrNO2. The molecular weight excluding hydrogens is 294 g/mol. The van der Waals surface area contributed by atoms with Crippen molar-refractivity contribution in [2.45, 2.75) is 24.3 Å². The first-order chi connectivity index (χ1) is 8.68. The molecule has 18 heavy (non-hydrogen) atoms.